The Hall–Kier alpha value is -2.37. The summed E-state index contributed by atoms with van der Waals surface area (Å²) in [4.78, 5) is 16.0. The van der Waals surface area contributed by atoms with Crippen molar-refractivity contribution >= 4 is 16.7 Å². The minimum absolute atomic E-state index is 0.209. The Morgan fingerprint density at radius 3 is 3.00 bits per heavy atom. The van der Waals surface area contributed by atoms with Crippen LogP contribution in [0.2, 0.25) is 0 Å². The lowest BCUT2D eigenvalue weighted by atomic mass is 10.2. The van der Waals surface area contributed by atoms with Gasteiger partial charge in [0.25, 0.3) is 11.3 Å². The van der Waals surface area contributed by atoms with E-state index in [4.69, 9.17) is 0 Å². The van der Waals surface area contributed by atoms with Gasteiger partial charge in [-0.1, -0.05) is 12.1 Å². The lowest BCUT2D eigenvalue weighted by molar-refractivity contribution is 0.789. The zero-order chi connectivity index (χ0) is 10.3. The van der Waals surface area contributed by atoms with Gasteiger partial charge in [0.15, 0.2) is 6.33 Å². The van der Waals surface area contributed by atoms with E-state index in [0.29, 0.717) is 10.9 Å². The van der Waals surface area contributed by atoms with E-state index in [1.54, 1.807) is 18.2 Å². The Balaban J connectivity index is 2.66. The predicted octanol–water partition coefficient (Wildman–Crippen LogP) is 0.0327. The van der Waals surface area contributed by atoms with Crippen LogP contribution >= 0.6 is 0 Å². The predicted molar refractivity (Wildman–Crippen MR) is 52.4 cm³/mol. The minimum Gasteiger partial charge on any atom is -0.267 e. The van der Waals surface area contributed by atoms with E-state index in [0.717, 1.165) is 4.52 Å². The molecule has 6 heteroatoms. The fourth-order valence-corrected chi connectivity index (χ4v) is 1.43. The van der Waals surface area contributed by atoms with Crippen molar-refractivity contribution in [1.29, 1.82) is 0 Å². The summed E-state index contributed by atoms with van der Waals surface area (Å²) < 4.78 is 1.13. The molecule has 0 atom stereocenters. The lowest BCUT2D eigenvalue weighted by Crippen LogP contribution is -2.19. The van der Waals surface area contributed by atoms with E-state index in [1.807, 2.05) is 6.07 Å². The molecule has 0 aliphatic carbocycles. The Labute approximate surface area is 83.2 Å². The molecule has 72 valence electrons. The SMILES string of the molecule is O=c1c2ccccc2nc2nncnn12. The number of nitrogens with zero attached hydrogens (tertiary/aromatic N) is 5. The third-order valence-corrected chi connectivity index (χ3v) is 2.10. The molecular weight excluding hydrogens is 194 g/mol. The summed E-state index contributed by atoms with van der Waals surface area (Å²) in [5, 5.41) is 11.6. The minimum atomic E-state index is -0.231. The van der Waals surface area contributed by atoms with Crippen LogP contribution in [0.15, 0.2) is 35.4 Å². The van der Waals surface area contributed by atoms with Crippen LogP contribution in [0.4, 0.5) is 0 Å². The molecule has 0 N–H and O–H groups in total. The van der Waals surface area contributed by atoms with Gasteiger partial charge in [-0.15, -0.1) is 15.3 Å². The number of hydrogen-bond acceptors (Lipinski definition) is 5. The topological polar surface area (TPSA) is 73.0 Å². The molecular formula is C9H5N5O. The number of hydrogen-bond donors (Lipinski definition) is 0. The highest BCUT2D eigenvalue weighted by Crippen LogP contribution is 2.05. The Kier molecular flexibility index (Phi) is 1.49. The fraction of sp³-hybridized carbons (Fsp3) is 0. The zero-order valence-corrected chi connectivity index (χ0v) is 7.53. The first kappa shape index (κ1) is 7.98. The maximum absolute atomic E-state index is 11.9. The molecule has 0 radical (unpaired) electrons. The first-order valence-corrected chi connectivity index (χ1v) is 4.32. The molecule has 0 saturated carbocycles. The number of aromatic nitrogens is 5. The molecule has 0 aliphatic rings. The van der Waals surface area contributed by atoms with Crippen molar-refractivity contribution in [3.05, 3.63) is 40.9 Å². The number of rotatable bonds is 0. The molecule has 0 amide bonds. The largest absolute Gasteiger partial charge is 0.283 e. The highest BCUT2D eigenvalue weighted by atomic mass is 16.1. The second-order valence-corrected chi connectivity index (χ2v) is 2.99. The number of benzene rings is 1. The Bertz CT molecular complexity index is 648. The van der Waals surface area contributed by atoms with Gasteiger partial charge in [0.05, 0.1) is 10.9 Å². The molecule has 15 heavy (non-hydrogen) atoms. The summed E-state index contributed by atoms with van der Waals surface area (Å²) in [6, 6.07) is 7.06. The molecule has 3 rings (SSSR count). The average Bonchev–Trinajstić information content (AvgIpc) is 2.30. The summed E-state index contributed by atoms with van der Waals surface area (Å²) in [7, 11) is 0. The zero-order valence-electron chi connectivity index (χ0n) is 7.53. The highest BCUT2D eigenvalue weighted by Gasteiger charge is 2.05. The van der Waals surface area contributed by atoms with Gasteiger partial charge < -0.3 is 0 Å². The summed E-state index contributed by atoms with van der Waals surface area (Å²) in [6.45, 7) is 0. The summed E-state index contributed by atoms with van der Waals surface area (Å²) in [5.74, 6) is 0.209. The van der Waals surface area contributed by atoms with Gasteiger partial charge >= 0.3 is 0 Å². The third kappa shape index (κ3) is 1.08. The molecule has 6 nitrogen and oxygen atoms in total. The van der Waals surface area contributed by atoms with E-state index < -0.39 is 0 Å². The molecule has 0 unspecified atom stereocenters. The smallest absolute Gasteiger partial charge is 0.267 e. The standard InChI is InChI=1S/C9H5N5O/c15-8-6-3-1-2-4-7(6)12-9-13-10-5-11-14(8)9/h1-5H. The monoisotopic (exact) mass is 199 g/mol. The molecule has 0 bridgehead atoms. The second kappa shape index (κ2) is 2.81. The summed E-state index contributed by atoms with van der Waals surface area (Å²) in [5.41, 5.74) is 0.371. The van der Waals surface area contributed by atoms with Crippen molar-refractivity contribution in [2.75, 3.05) is 0 Å². The van der Waals surface area contributed by atoms with Gasteiger partial charge in [0.1, 0.15) is 0 Å². The van der Waals surface area contributed by atoms with E-state index in [9.17, 15) is 4.79 Å². The molecule has 0 fully saturated rings. The Morgan fingerprint density at radius 1 is 1.20 bits per heavy atom. The third-order valence-electron chi connectivity index (χ3n) is 2.10. The van der Waals surface area contributed by atoms with Crippen molar-refractivity contribution < 1.29 is 0 Å². The molecule has 0 aliphatic heterocycles. The van der Waals surface area contributed by atoms with Crippen molar-refractivity contribution in [1.82, 2.24) is 24.8 Å². The van der Waals surface area contributed by atoms with Gasteiger partial charge in [0, 0.05) is 0 Å². The van der Waals surface area contributed by atoms with Crippen molar-refractivity contribution in [3.8, 4) is 0 Å². The highest BCUT2D eigenvalue weighted by molar-refractivity contribution is 5.78. The first-order chi connectivity index (χ1) is 7.36. The second-order valence-electron chi connectivity index (χ2n) is 2.99. The van der Waals surface area contributed by atoms with Crippen LogP contribution < -0.4 is 5.56 Å². The molecule has 2 aromatic heterocycles. The molecule has 0 spiro atoms. The first-order valence-electron chi connectivity index (χ1n) is 4.32. The van der Waals surface area contributed by atoms with Gasteiger partial charge in [0.2, 0.25) is 0 Å². The number of para-hydroxylation sites is 1. The maximum Gasteiger partial charge on any atom is 0.283 e. The van der Waals surface area contributed by atoms with E-state index in [1.165, 1.54) is 6.33 Å². The van der Waals surface area contributed by atoms with E-state index >= 15 is 0 Å². The number of fused-ring (bicyclic) bond motifs is 2. The van der Waals surface area contributed by atoms with Crippen LogP contribution in [-0.2, 0) is 0 Å². The Morgan fingerprint density at radius 2 is 2.07 bits per heavy atom. The molecule has 0 saturated heterocycles. The van der Waals surface area contributed by atoms with Crippen molar-refractivity contribution in [2.45, 2.75) is 0 Å². The van der Waals surface area contributed by atoms with Gasteiger partial charge in [-0.2, -0.15) is 4.52 Å². The van der Waals surface area contributed by atoms with Crippen LogP contribution in [-0.4, -0.2) is 24.8 Å². The summed E-state index contributed by atoms with van der Waals surface area (Å²) >= 11 is 0. The quantitative estimate of drug-likeness (QED) is 0.477. The van der Waals surface area contributed by atoms with Gasteiger partial charge in [-0.05, 0) is 12.1 Å². The normalized spacial score (nSPS) is 10.9. The summed E-state index contributed by atoms with van der Waals surface area (Å²) in [6.07, 6.45) is 1.21. The fourth-order valence-electron chi connectivity index (χ4n) is 1.43. The van der Waals surface area contributed by atoms with Crippen molar-refractivity contribution in [3.63, 3.8) is 0 Å². The lowest BCUT2D eigenvalue weighted by Gasteiger charge is -1.98. The maximum atomic E-state index is 11.9. The molecule has 3 aromatic rings. The van der Waals surface area contributed by atoms with Crippen LogP contribution in [0.1, 0.15) is 0 Å². The molecule has 2 heterocycles. The van der Waals surface area contributed by atoms with Gasteiger partial charge in [-0.25, -0.2) is 4.98 Å². The van der Waals surface area contributed by atoms with Crippen molar-refractivity contribution in [2.24, 2.45) is 0 Å². The van der Waals surface area contributed by atoms with E-state index in [-0.39, 0.29) is 11.3 Å². The van der Waals surface area contributed by atoms with Crippen LogP contribution in [0.25, 0.3) is 16.7 Å². The van der Waals surface area contributed by atoms with E-state index in [2.05, 4.69) is 20.3 Å². The average molecular weight is 199 g/mol. The van der Waals surface area contributed by atoms with Crippen LogP contribution in [0, 0.1) is 0 Å². The van der Waals surface area contributed by atoms with Gasteiger partial charge in [-0.3, -0.25) is 4.79 Å². The van der Waals surface area contributed by atoms with Crippen LogP contribution in [0.3, 0.4) is 0 Å². The molecule has 1 aromatic carbocycles. The van der Waals surface area contributed by atoms with Crippen LogP contribution in [0.5, 0.6) is 0 Å².